The summed E-state index contributed by atoms with van der Waals surface area (Å²) in [6.07, 6.45) is 3.52. The molecule has 2 unspecified atom stereocenters. The molecule has 154 valence electrons. The normalized spacial score (nSPS) is 19.7. The van der Waals surface area contributed by atoms with Crippen LogP contribution >= 0.6 is 0 Å². The molecule has 1 aromatic carbocycles. The number of ether oxygens (including phenoxy) is 1. The summed E-state index contributed by atoms with van der Waals surface area (Å²) >= 11 is 0. The zero-order chi connectivity index (χ0) is 20.5. The van der Waals surface area contributed by atoms with Crippen LogP contribution in [0.4, 0.5) is 14.5 Å². The molecule has 6 nitrogen and oxygen atoms in total. The number of hydrogen-bond donors (Lipinski definition) is 4. The van der Waals surface area contributed by atoms with Gasteiger partial charge in [0.25, 0.3) is 5.91 Å². The van der Waals surface area contributed by atoms with Crippen LogP contribution in [0.1, 0.15) is 33.1 Å². The van der Waals surface area contributed by atoms with E-state index in [-0.39, 0.29) is 23.2 Å². The average Bonchev–Trinajstić information content (AvgIpc) is 3.04. The Hall–Kier alpha value is -2.48. The number of halogens is 2. The maximum Gasteiger partial charge on any atom is 0.293 e. The van der Waals surface area contributed by atoms with Gasteiger partial charge in [0.05, 0.1) is 6.10 Å². The highest BCUT2D eigenvalue weighted by Crippen LogP contribution is 2.29. The molecule has 4 N–H and O–H groups in total. The number of amides is 1. The molecule has 1 amide bonds. The van der Waals surface area contributed by atoms with Crippen molar-refractivity contribution in [3.63, 3.8) is 0 Å². The van der Waals surface area contributed by atoms with Gasteiger partial charge in [0.15, 0.2) is 0 Å². The molecule has 2 rings (SSSR count). The van der Waals surface area contributed by atoms with E-state index in [1.165, 1.54) is 0 Å². The Morgan fingerprint density at radius 3 is 2.54 bits per heavy atom. The van der Waals surface area contributed by atoms with Crippen LogP contribution in [-0.2, 0) is 9.53 Å². The summed E-state index contributed by atoms with van der Waals surface area (Å²) in [6, 6.07) is 2.78. The Bertz CT molecular complexity index is 704. The minimum absolute atomic E-state index is 0.0135. The highest BCUT2D eigenvalue weighted by molar-refractivity contribution is 6.05. The van der Waals surface area contributed by atoms with Crippen molar-refractivity contribution in [2.24, 2.45) is 5.92 Å². The first kappa shape index (κ1) is 21.8. The van der Waals surface area contributed by atoms with E-state index >= 15 is 0 Å². The number of anilines is 1. The second-order valence-electron chi connectivity index (χ2n) is 6.94. The Labute approximate surface area is 164 Å². The molecule has 28 heavy (non-hydrogen) atoms. The fourth-order valence-corrected chi connectivity index (χ4v) is 3.14. The van der Waals surface area contributed by atoms with E-state index in [0.29, 0.717) is 19.0 Å². The number of nitrogens with one attached hydrogen (secondary N) is 4. The summed E-state index contributed by atoms with van der Waals surface area (Å²) in [7, 11) is 0. The molecule has 1 saturated carbocycles. The van der Waals surface area contributed by atoms with E-state index in [2.05, 4.69) is 22.9 Å². The molecule has 8 heteroatoms. The molecule has 1 fully saturated rings. The summed E-state index contributed by atoms with van der Waals surface area (Å²) < 4.78 is 32.8. The zero-order valence-electron chi connectivity index (χ0n) is 16.3. The largest absolute Gasteiger partial charge is 0.483 e. The number of carbonyl (C=O) groups excluding carboxylic acids is 1. The summed E-state index contributed by atoms with van der Waals surface area (Å²) in [5.41, 5.74) is 0.215. The molecule has 1 aliphatic rings. The van der Waals surface area contributed by atoms with E-state index in [1.54, 1.807) is 0 Å². The van der Waals surface area contributed by atoms with E-state index in [4.69, 9.17) is 10.1 Å². The predicted molar refractivity (Wildman–Crippen MR) is 105 cm³/mol. The first-order chi connectivity index (χ1) is 13.4. The van der Waals surface area contributed by atoms with E-state index in [0.717, 1.165) is 50.2 Å². The number of allylic oxidation sites excluding steroid dienone is 1. The Morgan fingerprint density at radius 2 is 1.96 bits per heavy atom. The highest BCUT2D eigenvalue weighted by atomic mass is 19.1. The van der Waals surface area contributed by atoms with Crippen molar-refractivity contribution in [3.05, 3.63) is 41.3 Å². The van der Waals surface area contributed by atoms with E-state index in [9.17, 15) is 13.6 Å². The van der Waals surface area contributed by atoms with Gasteiger partial charge in [-0.25, -0.2) is 8.78 Å². The number of likely N-dealkylation sites (N-methyl/N-ethyl adjacent to an activating group) is 1. The lowest BCUT2D eigenvalue weighted by atomic mass is 10.1. The number of rotatable bonds is 10. The lowest BCUT2D eigenvalue weighted by Gasteiger charge is -2.19. The summed E-state index contributed by atoms with van der Waals surface area (Å²) in [5, 5.41) is 16.3. The molecule has 0 aliphatic heterocycles. The summed E-state index contributed by atoms with van der Waals surface area (Å²) in [4.78, 5) is 12.8. The van der Waals surface area contributed by atoms with Gasteiger partial charge in [0.1, 0.15) is 17.3 Å². The van der Waals surface area contributed by atoms with Crippen LogP contribution in [0.25, 0.3) is 0 Å². The minimum atomic E-state index is -0.789. The molecule has 0 saturated heterocycles. The SMILES string of the molecule is CCNCCN/C(C=N)=C(\OC1CCC(C)C1)C(=O)Nc1cc(F)cc(F)c1. The van der Waals surface area contributed by atoms with Gasteiger partial charge in [0.2, 0.25) is 5.76 Å². The molecule has 1 aliphatic carbocycles. The summed E-state index contributed by atoms with van der Waals surface area (Å²) in [5.74, 6) is -1.78. The van der Waals surface area contributed by atoms with Crippen molar-refractivity contribution in [1.82, 2.24) is 10.6 Å². The molecule has 0 spiro atoms. The Kier molecular flexibility index (Phi) is 8.38. The Morgan fingerprint density at radius 1 is 1.25 bits per heavy atom. The van der Waals surface area contributed by atoms with Crippen LogP contribution in [-0.4, -0.2) is 37.9 Å². The maximum atomic E-state index is 13.4. The maximum absolute atomic E-state index is 13.4. The van der Waals surface area contributed by atoms with Crippen molar-refractivity contribution in [2.75, 3.05) is 25.0 Å². The molecule has 1 aromatic rings. The molecule has 0 bridgehead atoms. The van der Waals surface area contributed by atoms with Crippen LogP contribution in [0.5, 0.6) is 0 Å². The third-order valence-electron chi connectivity index (χ3n) is 4.51. The predicted octanol–water partition coefficient (Wildman–Crippen LogP) is 3.17. The average molecular weight is 394 g/mol. The Balaban J connectivity index is 2.20. The second kappa shape index (κ2) is 10.8. The van der Waals surface area contributed by atoms with Crippen molar-refractivity contribution >= 4 is 17.8 Å². The lowest BCUT2D eigenvalue weighted by Crippen LogP contribution is -2.31. The molecule has 0 radical (unpaired) electrons. The molecule has 0 aromatic heterocycles. The van der Waals surface area contributed by atoms with Crippen LogP contribution < -0.4 is 16.0 Å². The third-order valence-corrected chi connectivity index (χ3v) is 4.51. The van der Waals surface area contributed by atoms with Crippen molar-refractivity contribution in [2.45, 2.75) is 39.2 Å². The zero-order valence-corrected chi connectivity index (χ0v) is 16.3. The molecular weight excluding hydrogens is 366 g/mol. The second-order valence-corrected chi connectivity index (χ2v) is 6.94. The van der Waals surface area contributed by atoms with E-state index in [1.807, 2.05) is 6.92 Å². The van der Waals surface area contributed by atoms with Gasteiger partial charge < -0.3 is 26.1 Å². The van der Waals surface area contributed by atoms with Gasteiger partial charge in [-0.05, 0) is 43.9 Å². The highest BCUT2D eigenvalue weighted by Gasteiger charge is 2.27. The van der Waals surface area contributed by atoms with Crippen molar-refractivity contribution < 1.29 is 18.3 Å². The van der Waals surface area contributed by atoms with E-state index < -0.39 is 17.5 Å². The van der Waals surface area contributed by atoms with Gasteiger partial charge in [-0.2, -0.15) is 0 Å². The van der Waals surface area contributed by atoms with Crippen LogP contribution in [0.2, 0.25) is 0 Å². The molecular formula is C20H28F2N4O2. The van der Waals surface area contributed by atoms with Crippen LogP contribution in [0.3, 0.4) is 0 Å². The monoisotopic (exact) mass is 394 g/mol. The fourth-order valence-electron chi connectivity index (χ4n) is 3.14. The standard InChI is InChI=1S/C20H28F2N4O2/c1-3-24-6-7-25-18(12-23)19(28-17-5-4-13(2)8-17)20(27)26-16-10-14(21)9-15(22)11-16/h9-13,17,23-25H,3-8H2,1-2H3,(H,26,27)/b19-18-,23-12?. The quantitative estimate of drug-likeness (QED) is 0.213. The van der Waals surface area contributed by atoms with Crippen molar-refractivity contribution in [1.29, 1.82) is 5.41 Å². The first-order valence-electron chi connectivity index (χ1n) is 9.56. The fraction of sp³-hybridized carbons (Fsp3) is 0.500. The topological polar surface area (TPSA) is 86.2 Å². The first-order valence-corrected chi connectivity index (χ1v) is 9.56. The van der Waals surface area contributed by atoms with Gasteiger partial charge in [0, 0.05) is 31.1 Å². The molecule has 2 atom stereocenters. The smallest absolute Gasteiger partial charge is 0.293 e. The number of carbonyl (C=O) groups is 1. The summed E-state index contributed by atoms with van der Waals surface area (Å²) in [6.45, 7) is 6.05. The van der Waals surface area contributed by atoms with Gasteiger partial charge in [-0.3, -0.25) is 4.79 Å². The van der Waals surface area contributed by atoms with Crippen LogP contribution in [0.15, 0.2) is 29.7 Å². The van der Waals surface area contributed by atoms with Gasteiger partial charge in [-0.15, -0.1) is 0 Å². The molecule has 0 heterocycles. The van der Waals surface area contributed by atoms with Crippen molar-refractivity contribution in [3.8, 4) is 0 Å². The number of benzene rings is 1. The third kappa shape index (κ3) is 6.60. The number of hydrogen-bond acceptors (Lipinski definition) is 5. The minimum Gasteiger partial charge on any atom is -0.483 e. The van der Waals surface area contributed by atoms with Crippen LogP contribution in [0, 0.1) is 23.0 Å². The lowest BCUT2D eigenvalue weighted by molar-refractivity contribution is -0.117. The van der Waals surface area contributed by atoms with Gasteiger partial charge >= 0.3 is 0 Å². The van der Waals surface area contributed by atoms with Gasteiger partial charge in [-0.1, -0.05) is 13.8 Å².